The van der Waals surface area contributed by atoms with Crippen LogP contribution in [0.4, 0.5) is 0 Å². The van der Waals surface area contributed by atoms with Crippen LogP contribution in [0.25, 0.3) is 0 Å². The van der Waals surface area contributed by atoms with Crippen LogP contribution in [0.5, 0.6) is 0 Å². The van der Waals surface area contributed by atoms with Crippen molar-refractivity contribution in [2.24, 2.45) is 11.3 Å². The monoisotopic (exact) mass is 294 g/mol. The number of hydrogen-bond donors (Lipinski definition) is 0. The van der Waals surface area contributed by atoms with Crippen molar-refractivity contribution in [3.63, 3.8) is 0 Å². The summed E-state index contributed by atoms with van der Waals surface area (Å²) in [5.74, 6) is 1.25. The van der Waals surface area contributed by atoms with Crippen molar-refractivity contribution in [1.82, 2.24) is 9.80 Å². The second-order valence-corrected chi connectivity index (χ2v) is 7.16. The van der Waals surface area contributed by atoms with Crippen molar-refractivity contribution in [2.75, 3.05) is 45.9 Å². The topological polar surface area (TPSA) is 32.8 Å². The molecule has 1 atom stereocenters. The molecule has 0 aromatic rings. The first-order valence-corrected chi connectivity index (χ1v) is 8.83. The molecule has 0 N–H and O–H groups in total. The third-order valence-corrected chi connectivity index (χ3v) is 5.72. The highest BCUT2D eigenvalue weighted by Gasteiger charge is 2.48. The van der Waals surface area contributed by atoms with Crippen LogP contribution < -0.4 is 0 Å². The normalized spacial score (nSPS) is 31.1. The predicted octanol–water partition coefficient (Wildman–Crippen LogP) is 2.14. The third-order valence-electron chi connectivity index (χ3n) is 5.72. The summed E-state index contributed by atoms with van der Waals surface area (Å²) >= 11 is 0. The molecule has 4 nitrogen and oxygen atoms in total. The zero-order valence-electron chi connectivity index (χ0n) is 13.5. The Bertz CT molecular complexity index is 370. The second-order valence-electron chi connectivity index (χ2n) is 7.16. The molecule has 3 aliphatic rings. The fourth-order valence-corrected chi connectivity index (χ4v) is 4.18. The first-order chi connectivity index (χ1) is 10.2. The van der Waals surface area contributed by atoms with Gasteiger partial charge in [-0.1, -0.05) is 6.42 Å². The van der Waals surface area contributed by atoms with Gasteiger partial charge in [-0.15, -0.1) is 0 Å². The van der Waals surface area contributed by atoms with Gasteiger partial charge in [0, 0.05) is 32.8 Å². The van der Waals surface area contributed by atoms with E-state index in [1.165, 1.54) is 25.7 Å². The number of carbonyl (C=O) groups is 1. The van der Waals surface area contributed by atoms with Gasteiger partial charge in [0.1, 0.15) is 0 Å². The minimum absolute atomic E-state index is 0.0613. The average molecular weight is 294 g/mol. The van der Waals surface area contributed by atoms with Crippen LogP contribution in [0.2, 0.25) is 0 Å². The molecule has 0 unspecified atom stereocenters. The van der Waals surface area contributed by atoms with E-state index in [1.54, 1.807) is 0 Å². The van der Waals surface area contributed by atoms with Gasteiger partial charge in [0.15, 0.2) is 0 Å². The van der Waals surface area contributed by atoms with E-state index in [-0.39, 0.29) is 5.41 Å². The first kappa shape index (κ1) is 15.3. The molecule has 3 fully saturated rings. The molecule has 0 aromatic heterocycles. The van der Waals surface area contributed by atoms with E-state index in [1.807, 2.05) is 6.92 Å². The fourth-order valence-electron chi connectivity index (χ4n) is 4.18. The molecule has 1 aliphatic carbocycles. The lowest BCUT2D eigenvalue weighted by atomic mass is 9.77. The van der Waals surface area contributed by atoms with Gasteiger partial charge in [-0.05, 0) is 51.5 Å². The smallest absolute Gasteiger partial charge is 0.230 e. The van der Waals surface area contributed by atoms with Crippen molar-refractivity contribution in [3.05, 3.63) is 0 Å². The van der Waals surface area contributed by atoms with Crippen molar-refractivity contribution in [3.8, 4) is 0 Å². The molecule has 21 heavy (non-hydrogen) atoms. The lowest BCUT2D eigenvalue weighted by Gasteiger charge is -2.42. The van der Waals surface area contributed by atoms with Crippen LogP contribution >= 0.6 is 0 Å². The van der Waals surface area contributed by atoms with Crippen LogP contribution in [0, 0.1) is 11.3 Å². The van der Waals surface area contributed by atoms with Crippen molar-refractivity contribution in [1.29, 1.82) is 0 Å². The molecule has 3 rings (SSSR count). The summed E-state index contributed by atoms with van der Waals surface area (Å²) in [6, 6.07) is 0. The number of amides is 1. The van der Waals surface area contributed by atoms with Crippen LogP contribution in [0.3, 0.4) is 0 Å². The molecule has 4 heteroatoms. The number of likely N-dealkylation sites (tertiary alicyclic amines) is 2. The number of ether oxygens (including phenoxy) is 1. The highest BCUT2D eigenvalue weighted by atomic mass is 16.5. The molecule has 1 saturated carbocycles. The molecular weight excluding hydrogens is 264 g/mol. The van der Waals surface area contributed by atoms with Gasteiger partial charge in [0.2, 0.25) is 5.91 Å². The summed E-state index contributed by atoms with van der Waals surface area (Å²) in [5.41, 5.74) is -0.0613. The van der Waals surface area contributed by atoms with E-state index >= 15 is 0 Å². The summed E-state index contributed by atoms with van der Waals surface area (Å²) in [6.45, 7) is 8.64. The molecule has 0 bridgehead atoms. The van der Waals surface area contributed by atoms with Gasteiger partial charge < -0.3 is 9.64 Å². The quantitative estimate of drug-likeness (QED) is 0.704. The highest BCUT2D eigenvalue weighted by molar-refractivity contribution is 5.84. The van der Waals surface area contributed by atoms with Gasteiger partial charge in [-0.25, -0.2) is 0 Å². The molecule has 2 saturated heterocycles. The van der Waals surface area contributed by atoms with E-state index in [0.717, 1.165) is 64.7 Å². The average Bonchev–Trinajstić information content (AvgIpc) is 2.83. The minimum Gasteiger partial charge on any atom is -0.380 e. The van der Waals surface area contributed by atoms with Crippen molar-refractivity contribution >= 4 is 5.91 Å². The second kappa shape index (κ2) is 6.66. The molecule has 120 valence electrons. The van der Waals surface area contributed by atoms with E-state index in [0.29, 0.717) is 5.91 Å². The van der Waals surface area contributed by atoms with Gasteiger partial charge in [-0.3, -0.25) is 9.69 Å². The maximum atomic E-state index is 13.0. The Kier molecular flexibility index (Phi) is 4.85. The van der Waals surface area contributed by atoms with Crippen LogP contribution in [-0.2, 0) is 9.53 Å². The number of piperidine rings is 1. The lowest BCUT2D eigenvalue weighted by molar-refractivity contribution is -0.146. The molecule has 1 amide bonds. The molecular formula is C17H30N2O2. The maximum absolute atomic E-state index is 13.0. The Morgan fingerprint density at radius 3 is 2.81 bits per heavy atom. The van der Waals surface area contributed by atoms with Crippen LogP contribution in [0.1, 0.15) is 45.4 Å². The third kappa shape index (κ3) is 3.26. The van der Waals surface area contributed by atoms with Crippen molar-refractivity contribution in [2.45, 2.75) is 45.4 Å². The molecule has 2 aliphatic heterocycles. The minimum atomic E-state index is -0.0613. The largest absolute Gasteiger partial charge is 0.380 e. The molecule has 0 aromatic carbocycles. The van der Waals surface area contributed by atoms with E-state index in [4.69, 9.17) is 4.74 Å². The first-order valence-electron chi connectivity index (χ1n) is 8.83. The Labute approximate surface area is 128 Å². The summed E-state index contributed by atoms with van der Waals surface area (Å²) in [7, 11) is 0. The molecule has 2 heterocycles. The summed E-state index contributed by atoms with van der Waals surface area (Å²) in [5, 5.41) is 0. The Hall–Kier alpha value is -0.610. The number of nitrogens with zero attached hydrogens (tertiary/aromatic N) is 2. The van der Waals surface area contributed by atoms with E-state index < -0.39 is 0 Å². The Balaban J connectivity index is 1.55. The standard InChI is InChI=1S/C17H30N2O2/c1-2-21-12-11-18-10-8-17(14-18)7-4-9-19(16(17)20)13-15-5-3-6-15/h15H,2-14H2,1H3/t17-/m1/s1. The van der Waals surface area contributed by atoms with Gasteiger partial charge in [0.25, 0.3) is 0 Å². The van der Waals surface area contributed by atoms with Crippen LogP contribution in [0.15, 0.2) is 0 Å². The number of rotatable bonds is 6. The van der Waals surface area contributed by atoms with E-state index in [2.05, 4.69) is 9.80 Å². The Morgan fingerprint density at radius 1 is 1.24 bits per heavy atom. The highest BCUT2D eigenvalue weighted by Crippen LogP contribution is 2.41. The van der Waals surface area contributed by atoms with Gasteiger partial charge >= 0.3 is 0 Å². The number of carbonyl (C=O) groups excluding carboxylic acids is 1. The van der Waals surface area contributed by atoms with Crippen LogP contribution in [-0.4, -0.2) is 61.6 Å². The lowest BCUT2D eigenvalue weighted by Crippen LogP contribution is -2.51. The fraction of sp³-hybridized carbons (Fsp3) is 0.941. The molecule has 1 spiro atoms. The number of hydrogen-bond acceptors (Lipinski definition) is 3. The predicted molar refractivity (Wildman–Crippen MR) is 83.1 cm³/mol. The summed E-state index contributed by atoms with van der Waals surface area (Å²) in [6.07, 6.45) is 7.37. The zero-order valence-corrected chi connectivity index (χ0v) is 13.5. The molecule has 0 radical (unpaired) electrons. The Morgan fingerprint density at radius 2 is 2.10 bits per heavy atom. The van der Waals surface area contributed by atoms with Gasteiger partial charge in [-0.2, -0.15) is 0 Å². The maximum Gasteiger partial charge on any atom is 0.230 e. The van der Waals surface area contributed by atoms with E-state index in [9.17, 15) is 4.79 Å². The SMILES string of the molecule is CCOCCN1CC[C@]2(CCCN(CC3CCC3)C2=O)C1. The zero-order chi connectivity index (χ0) is 14.7. The van der Waals surface area contributed by atoms with Gasteiger partial charge in [0.05, 0.1) is 12.0 Å². The summed E-state index contributed by atoms with van der Waals surface area (Å²) in [4.78, 5) is 17.6. The van der Waals surface area contributed by atoms with Crippen molar-refractivity contribution < 1.29 is 9.53 Å². The summed E-state index contributed by atoms with van der Waals surface area (Å²) < 4.78 is 5.46.